The maximum atomic E-state index is 13.1. The third-order valence-electron chi connectivity index (χ3n) is 4.54. The fourth-order valence-electron chi connectivity index (χ4n) is 3.31. The van der Waals surface area contributed by atoms with Gasteiger partial charge in [0.15, 0.2) is 0 Å². The molecular formula is C17H25ClN2O. The molecule has 0 aliphatic heterocycles. The van der Waals surface area contributed by atoms with Crippen LogP contribution in [0.25, 0.3) is 0 Å². The first kappa shape index (κ1) is 16.3. The number of likely N-dealkylation sites (N-methyl/N-ethyl adjacent to an activating group) is 2. The third-order valence-corrected chi connectivity index (χ3v) is 4.77. The van der Waals surface area contributed by atoms with Crippen LogP contribution in [0.3, 0.4) is 0 Å². The summed E-state index contributed by atoms with van der Waals surface area (Å²) in [5.74, 6) is 0.236. The Morgan fingerprint density at radius 3 is 2.67 bits per heavy atom. The zero-order valence-corrected chi connectivity index (χ0v) is 13.7. The van der Waals surface area contributed by atoms with Gasteiger partial charge in [-0.3, -0.25) is 4.79 Å². The minimum Gasteiger partial charge on any atom is -0.344 e. The second-order valence-electron chi connectivity index (χ2n) is 5.98. The molecular weight excluding hydrogens is 284 g/mol. The molecule has 0 spiro atoms. The Labute approximate surface area is 132 Å². The van der Waals surface area contributed by atoms with Gasteiger partial charge < -0.3 is 10.2 Å². The number of carbonyl (C=O) groups excluding carboxylic acids is 1. The highest BCUT2D eigenvalue weighted by molar-refractivity contribution is 6.30. The minimum atomic E-state index is -0.383. The average Bonchev–Trinajstić information content (AvgIpc) is 2.52. The summed E-state index contributed by atoms with van der Waals surface area (Å²) in [5, 5.41) is 3.81. The topological polar surface area (TPSA) is 32.3 Å². The second kappa shape index (κ2) is 7.28. The van der Waals surface area contributed by atoms with E-state index in [1.807, 2.05) is 37.2 Å². The number of rotatable bonds is 5. The van der Waals surface area contributed by atoms with Crippen molar-refractivity contribution in [2.75, 3.05) is 27.2 Å². The van der Waals surface area contributed by atoms with Crippen LogP contribution in [0.15, 0.2) is 24.3 Å². The standard InChI is InChI=1S/C17H25ClN2O/c1-19-11-12-20(2)16(21)17(9-4-3-5-10-17)14-7-6-8-15(18)13-14/h6-8,13,19H,3-5,9-12H2,1-2H3. The summed E-state index contributed by atoms with van der Waals surface area (Å²) in [6.45, 7) is 1.55. The molecule has 1 fully saturated rings. The summed E-state index contributed by atoms with van der Waals surface area (Å²) in [4.78, 5) is 15.0. The molecule has 1 aromatic rings. The molecule has 2 rings (SSSR count). The maximum Gasteiger partial charge on any atom is 0.233 e. The fraction of sp³-hybridized carbons (Fsp3) is 0.588. The summed E-state index contributed by atoms with van der Waals surface area (Å²) in [6.07, 6.45) is 5.29. The van der Waals surface area contributed by atoms with Gasteiger partial charge in [0.05, 0.1) is 5.41 Å². The van der Waals surface area contributed by atoms with Gasteiger partial charge in [0, 0.05) is 25.2 Å². The summed E-state index contributed by atoms with van der Waals surface area (Å²) in [7, 11) is 3.81. The Bertz CT molecular complexity index is 483. The highest BCUT2D eigenvalue weighted by Gasteiger charge is 2.42. The molecule has 1 amide bonds. The molecule has 1 aliphatic carbocycles. The quantitative estimate of drug-likeness (QED) is 0.906. The predicted molar refractivity (Wildman–Crippen MR) is 87.8 cm³/mol. The normalized spacial score (nSPS) is 17.5. The molecule has 0 unspecified atom stereocenters. The van der Waals surface area contributed by atoms with Crippen molar-refractivity contribution < 1.29 is 4.79 Å². The molecule has 116 valence electrons. The molecule has 1 saturated carbocycles. The van der Waals surface area contributed by atoms with Crippen LogP contribution in [-0.2, 0) is 10.2 Å². The van der Waals surface area contributed by atoms with Crippen LogP contribution in [0, 0.1) is 0 Å². The van der Waals surface area contributed by atoms with E-state index in [1.54, 1.807) is 0 Å². The van der Waals surface area contributed by atoms with Crippen LogP contribution in [-0.4, -0.2) is 38.0 Å². The molecule has 0 bridgehead atoms. The third kappa shape index (κ3) is 3.58. The number of nitrogens with one attached hydrogen (secondary N) is 1. The lowest BCUT2D eigenvalue weighted by atomic mass is 9.68. The molecule has 0 aromatic heterocycles. The number of amides is 1. The van der Waals surface area contributed by atoms with E-state index in [-0.39, 0.29) is 11.3 Å². The molecule has 3 nitrogen and oxygen atoms in total. The van der Waals surface area contributed by atoms with Crippen LogP contribution in [0.5, 0.6) is 0 Å². The van der Waals surface area contributed by atoms with E-state index < -0.39 is 0 Å². The van der Waals surface area contributed by atoms with Gasteiger partial charge in [-0.15, -0.1) is 0 Å². The molecule has 0 atom stereocenters. The van der Waals surface area contributed by atoms with E-state index in [1.165, 1.54) is 6.42 Å². The van der Waals surface area contributed by atoms with Crippen LogP contribution in [0.4, 0.5) is 0 Å². The van der Waals surface area contributed by atoms with Gasteiger partial charge in [0.1, 0.15) is 0 Å². The minimum absolute atomic E-state index is 0.236. The number of nitrogens with zero attached hydrogens (tertiary/aromatic N) is 1. The number of carbonyl (C=O) groups is 1. The van der Waals surface area contributed by atoms with E-state index in [0.29, 0.717) is 5.02 Å². The summed E-state index contributed by atoms with van der Waals surface area (Å²) in [5.41, 5.74) is 0.696. The van der Waals surface area contributed by atoms with Gasteiger partial charge in [-0.25, -0.2) is 0 Å². The summed E-state index contributed by atoms with van der Waals surface area (Å²) >= 11 is 6.16. The highest BCUT2D eigenvalue weighted by atomic mass is 35.5. The molecule has 0 heterocycles. The lowest BCUT2D eigenvalue weighted by Crippen LogP contribution is -2.48. The average molecular weight is 309 g/mol. The van der Waals surface area contributed by atoms with E-state index in [0.717, 1.165) is 44.3 Å². The first-order valence-electron chi connectivity index (χ1n) is 7.76. The van der Waals surface area contributed by atoms with Gasteiger partial charge in [0.25, 0.3) is 0 Å². The van der Waals surface area contributed by atoms with Crippen molar-refractivity contribution >= 4 is 17.5 Å². The first-order valence-corrected chi connectivity index (χ1v) is 8.14. The lowest BCUT2D eigenvalue weighted by Gasteiger charge is -2.39. The van der Waals surface area contributed by atoms with E-state index in [2.05, 4.69) is 11.4 Å². The summed E-state index contributed by atoms with van der Waals surface area (Å²) in [6, 6.07) is 7.85. The van der Waals surface area contributed by atoms with E-state index in [9.17, 15) is 4.79 Å². The van der Waals surface area contributed by atoms with Crippen molar-refractivity contribution in [1.29, 1.82) is 0 Å². The number of hydrogen-bond acceptors (Lipinski definition) is 2. The number of benzene rings is 1. The highest BCUT2D eigenvalue weighted by Crippen LogP contribution is 2.41. The van der Waals surface area contributed by atoms with Crippen molar-refractivity contribution in [3.63, 3.8) is 0 Å². The van der Waals surface area contributed by atoms with E-state index in [4.69, 9.17) is 11.6 Å². The molecule has 0 radical (unpaired) electrons. The molecule has 1 aromatic carbocycles. The largest absolute Gasteiger partial charge is 0.344 e. The van der Waals surface area contributed by atoms with Gasteiger partial charge in [-0.2, -0.15) is 0 Å². The monoisotopic (exact) mass is 308 g/mol. The Balaban J connectivity index is 2.31. The zero-order chi connectivity index (χ0) is 15.3. The van der Waals surface area contributed by atoms with Crippen LogP contribution in [0.1, 0.15) is 37.7 Å². The SMILES string of the molecule is CNCCN(C)C(=O)C1(c2cccc(Cl)c2)CCCCC1. The van der Waals surface area contributed by atoms with Crippen LogP contribution in [0.2, 0.25) is 5.02 Å². The van der Waals surface area contributed by atoms with Crippen molar-refractivity contribution in [2.24, 2.45) is 0 Å². The van der Waals surface area contributed by atoms with Crippen molar-refractivity contribution in [1.82, 2.24) is 10.2 Å². The summed E-state index contributed by atoms with van der Waals surface area (Å²) < 4.78 is 0. The Morgan fingerprint density at radius 2 is 2.05 bits per heavy atom. The Hall–Kier alpha value is -1.06. The van der Waals surface area contributed by atoms with Gasteiger partial charge in [-0.1, -0.05) is 43.0 Å². The second-order valence-corrected chi connectivity index (χ2v) is 6.42. The smallest absolute Gasteiger partial charge is 0.233 e. The van der Waals surface area contributed by atoms with Gasteiger partial charge in [-0.05, 0) is 37.6 Å². The Kier molecular flexibility index (Phi) is 5.65. The van der Waals surface area contributed by atoms with Gasteiger partial charge in [0.2, 0.25) is 5.91 Å². The first-order chi connectivity index (χ1) is 10.1. The van der Waals surface area contributed by atoms with E-state index >= 15 is 0 Å². The molecule has 0 saturated heterocycles. The molecule has 1 N–H and O–H groups in total. The maximum absolute atomic E-state index is 13.1. The number of halogens is 1. The molecule has 4 heteroatoms. The van der Waals surface area contributed by atoms with Crippen molar-refractivity contribution in [3.05, 3.63) is 34.9 Å². The molecule has 21 heavy (non-hydrogen) atoms. The predicted octanol–water partition coefficient (Wildman–Crippen LogP) is 3.22. The zero-order valence-electron chi connectivity index (χ0n) is 13.0. The van der Waals surface area contributed by atoms with Crippen LogP contribution >= 0.6 is 11.6 Å². The fourth-order valence-corrected chi connectivity index (χ4v) is 3.50. The molecule has 1 aliphatic rings. The van der Waals surface area contributed by atoms with Crippen LogP contribution < -0.4 is 5.32 Å². The van der Waals surface area contributed by atoms with Gasteiger partial charge >= 0.3 is 0 Å². The number of hydrogen-bond donors (Lipinski definition) is 1. The van der Waals surface area contributed by atoms with Crippen molar-refractivity contribution in [3.8, 4) is 0 Å². The Morgan fingerprint density at radius 1 is 1.33 bits per heavy atom. The lowest BCUT2D eigenvalue weighted by molar-refractivity contribution is -0.137. The van der Waals surface area contributed by atoms with Crippen molar-refractivity contribution in [2.45, 2.75) is 37.5 Å².